The molecule has 1 fully saturated rings. The molecule has 6 nitrogen and oxygen atoms in total. The van der Waals surface area contributed by atoms with E-state index in [9.17, 15) is 9.59 Å². The Morgan fingerprint density at radius 3 is 2.32 bits per heavy atom. The number of ether oxygens (including phenoxy) is 1. The van der Waals surface area contributed by atoms with Crippen LogP contribution in [-0.2, 0) is 16.1 Å². The summed E-state index contributed by atoms with van der Waals surface area (Å²) in [4.78, 5) is 26.5. The van der Waals surface area contributed by atoms with Gasteiger partial charge in [0.25, 0.3) is 0 Å². The number of rotatable bonds is 6. The lowest BCUT2D eigenvalue weighted by molar-refractivity contribution is -0.136. The molecule has 1 aliphatic heterocycles. The lowest BCUT2D eigenvalue weighted by Crippen LogP contribution is -2.41. The number of hydrogen-bond acceptors (Lipinski definition) is 4. The van der Waals surface area contributed by atoms with E-state index in [1.165, 1.54) is 5.56 Å². The largest absolute Gasteiger partial charge is 0.497 e. The first-order valence-corrected chi connectivity index (χ1v) is 9.63. The average Bonchev–Trinajstić information content (AvgIpc) is 2.74. The average molecular weight is 381 g/mol. The molecule has 3 rings (SSSR count). The van der Waals surface area contributed by atoms with Gasteiger partial charge in [0.15, 0.2) is 0 Å². The molecule has 0 saturated carbocycles. The highest BCUT2D eigenvalue weighted by Crippen LogP contribution is 2.18. The zero-order valence-electron chi connectivity index (χ0n) is 16.2. The van der Waals surface area contributed by atoms with Gasteiger partial charge < -0.3 is 15.4 Å². The summed E-state index contributed by atoms with van der Waals surface area (Å²) in [6.45, 7) is 3.51. The standard InChI is InChI=1S/C22H27N3O3/c1-28-20-9-7-19(8-10-20)24-22(27)21(26)23-15-17-11-13-25(14-12-17)16-18-5-3-2-4-6-18/h2-10,17H,11-16H2,1H3,(H,23,26)(H,24,27). The van der Waals surface area contributed by atoms with Crippen molar-refractivity contribution in [2.75, 3.05) is 32.1 Å². The van der Waals surface area contributed by atoms with Crippen molar-refractivity contribution < 1.29 is 14.3 Å². The molecule has 1 heterocycles. The lowest BCUT2D eigenvalue weighted by atomic mass is 9.96. The van der Waals surface area contributed by atoms with Gasteiger partial charge in [0.2, 0.25) is 0 Å². The number of hydrogen-bond donors (Lipinski definition) is 2. The minimum Gasteiger partial charge on any atom is -0.497 e. The van der Waals surface area contributed by atoms with E-state index < -0.39 is 11.8 Å². The number of carbonyl (C=O) groups excluding carboxylic acids is 2. The lowest BCUT2D eigenvalue weighted by Gasteiger charge is -2.32. The highest BCUT2D eigenvalue weighted by atomic mass is 16.5. The van der Waals surface area contributed by atoms with E-state index in [0.29, 0.717) is 23.9 Å². The zero-order chi connectivity index (χ0) is 19.8. The number of benzene rings is 2. The van der Waals surface area contributed by atoms with Gasteiger partial charge >= 0.3 is 11.8 Å². The van der Waals surface area contributed by atoms with Crippen molar-refractivity contribution in [2.24, 2.45) is 5.92 Å². The number of amides is 2. The van der Waals surface area contributed by atoms with Crippen molar-refractivity contribution in [3.05, 3.63) is 60.2 Å². The molecule has 1 saturated heterocycles. The van der Waals surface area contributed by atoms with Crippen LogP contribution >= 0.6 is 0 Å². The normalized spacial score (nSPS) is 15.0. The summed E-state index contributed by atoms with van der Waals surface area (Å²) in [5, 5.41) is 5.37. The molecule has 0 spiro atoms. The zero-order valence-corrected chi connectivity index (χ0v) is 16.2. The third-order valence-electron chi connectivity index (χ3n) is 5.06. The molecular formula is C22H27N3O3. The van der Waals surface area contributed by atoms with Gasteiger partial charge in [-0.3, -0.25) is 14.5 Å². The summed E-state index contributed by atoms with van der Waals surface area (Å²) in [5.74, 6) is -0.139. The fraction of sp³-hybridized carbons (Fsp3) is 0.364. The molecule has 28 heavy (non-hydrogen) atoms. The Morgan fingerprint density at radius 1 is 1.00 bits per heavy atom. The summed E-state index contributed by atoms with van der Waals surface area (Å²) in [6.07, 6.45) is 2.04. The molecule has 0 aliphatic carbocycles. The van der Waals surface area contributed by atoms with Crippen molar-refractivity contribution in [3.63, 3.8) is 0 Å². The molecule has 2 amide bonds. The van der Waals surface area contributed by atoms with Crippen LogP contribution in [0.3, 0.4) is 0 Å². The smallest absolute Gasteiger partial charge is 0.313 e. The predicted molar refractivity (Wildman–Crippen MR) is 109 cm³/mol. The van der Waals surface area contributed by atoms with E-state index in [0.717, 1.165) is 32.5 Å². The van der Waals surface area contributed by atoms with Gasteiger partial charge in [0.05, 0.1) is 7.11 Å². The van der Waals surface area contributed by atoms with Crippen LogP contribution in [0.5, 0.6) is 5.75 Å². The Kier molecular flexibility index (Phi) is 7.03. The molecule has 2 aromatic carbocycles. The summed E-state index contributed by atoms with van der Waals surface area (Å²) in [7, 11) is 1.58. The number of piperidine rings is 1. The SMILES string of the molecule is COc1ccc(NC(=O)C(=O)NCC2CCN(Cc3ccccc3)CC2)cc1. The van der Waals surface area contributed by atoms with E-state index in [2.05, 4.69) is 39.8 Å². The molecule has 0 aromatic heterocycles. The number of methoxy groups -OCH3 is 1. The van der Waals surface area contributed by atoms with Crippen molar-refractivity contribution in [1.29, 1.82) is 0 Å². The molecule has 2 aromatic rings. The molecule has 2 N–H and O–H groups in total. The highest BCUT2D eigenvalue weighted by Gasteiger charge is 2.21. The van der Waals surface area contributed by atoms with Gasteiger partial charge in [-0.15, -0.1) is 0 Å². The van der Waals surface area contributed by atoms with Crippen LogP contribution < -0.4 is 15.4 Å². The Morgan fingerprint density at radius 2 is 1.68 bits per heavy atom. The highest BCUT2D eigenvalue weighted by molar-refractivity contribution is 6.39. The summed E-state index contributed by atoms with van der Waals surface area (Å²) in [5.41, 5.74) is 1.89. The monoisotopic (exact) mass is 381 g/mol. The fourth-order valence-corrected chi connectivity index (χ4v) is 3.37. The molecular weight excluding hydrogens is 354 g/mol. The van der Waals surface area contributed by atoms with Crippen LogP contribution in [0.2, 0.25) is 0 Å². The molecule has 0 bridgehead atoms. The van der Waals surface area contributed by atoms with Crippen LogP contribution in [-0.4, -0.2) is 43.5 Å². The van der Waals surface area contributed by atoms with Gasteiger partial charge in [-0.05, 0) is 61.7 Å². The first-order valence-electron chi connectivity index (χ1n) is 9.63. The van der Waals surface area contributed by atoms with Gasteiger partial charge in [-0.2, -0.15) is 0 Å². The quantitative estimate of drug-likeness (QED) is 0.755. The first kappa shape index (κ1) is 19.9. The minimum atomic E-state index is -0.647. The van der Waals surface area contributed by atoms with Crippen LogP contribution in [0.25, 0.3) is 0 Å². The predicted octanol–water partition coefficient (Wildman–Crippen LogP) is 2.66. The third kappa shape index (κ3) is 5.82. The second-order valence-electron chi connectivity index (χ2n) is 7.10. The van der Waals surface area contributed by atoms with Crippen molar-refractivity contribution in [2.45, 2.75) is 19.4 Å². The number of nitrogens with zero attached hydrogens (tertiary/aromatic N) is 1. The third-order valence-corrected chi connectivity index (χ3v) is 5.06. The van der Waals surface area contributed by atoms with Crippen molar-refractivity contribution in [3.8, 4) is 5.75 Å². The number of likely N-dealkylation sites (tertiary alicyclic amines) is 1. The maximum absolute atomic E-state index is 12.1. The summed E-state index contributed by atoms with van der Waals surface area (Å²) in [6, 6.07) is 17.3. The topological polar surface area (TPSA) is 70.7 Å². The van der Waals surface area contributed by atoms with Crippen LogP contribution in [0.15, 0.2) is 54.6 Å². The summed E-state index contributed by atoms with van der Waals surface area (Å²) < 4.78 is 5.07. The molecule has 6 heteroatoms. The van der Waals surface area contributed by atoms with E-state index in [1.807, 2.05) is 6.07 Å². The van der Waals surface area contributed by atoms with Gasteiger partial charge in [0, 0.05) is 18.8 Å². The minimum absolute atomic E-state index is 0.407. The Labute approximate surface area is 165 Å². The molecule has 148 valence electrons. The maximum Gasteiger partial charge on any atom is 0.313 e. The van der Waals surface area contributed by atoms with Crippen molar-refractivity contribution >= 4 is 17.5 Å². The van der Waals surface area contributed by atoms with Crippen molar-refractivity contribution in [1.82, 2.24) is 10.2 Å². The van der Waals surface area contributed by atoms with Gasteiger partial charge in [-0.25, -0.2) is 0 Å². The van der Waals surface area contributed by atoms with E-state index in [-0.39, 0.29) is 0 Å². The van der Waals surface area contributed by atoms with E-state index in [4.69, 9.17) is 4.74 Å². The van der Waals surface area contributed by atoms with E-state index in [1.54, 1.807) is 31.4 Å². The Hall–Kier alpha value is -2.86. The maximum atomic E-state index is 12.1. The number of carbonyl (C=O) groups is 2. The second kappa shape index (κ2) is 9.90. The van der Waals surface area contributed by atoms with Crippen LogP contribution in [0.1, 0.15) is 18.4 Å². The van der Waals surface area contributed by atoms with Gasteiger partial charge in [-0.1, -0.05) is 30.3 Å². The number of anilines is 1. The van der Waals surface area contributed by atoms with E-state index >= 15 is 0 Å². The molecule has 1 aliphatic rings. The fourth-order valence-electron chi connectivity index (χ4n) is 3.37. The molecule has 0 radical (unpaired) electrons. The Bertz CT molecular complexity index is 769. The molecule has 0 unspecified atom stereocenters. The summed E-state index contributed by atoms with van der Waals surface area (Å²) >= 11 is 0. The van der Waals surface area contributed by atoms with Crippen LogP contribution in [0.4, 0.5) is 5.69 Å². The molecule has 0 atom stereocenters. The second-order valence-corrected chi connectivity index (χ2v) is 7.10. The van der Waals surface area contributed by atoms with Crippen LogP contribution in [0, 0.1) is 5.92 Å². The van der Waals surface area contributed by atoms with Gasteiger partial charge in [0.1, 0.15) is 5.75 Å². The first-order chi connectivity index (χ1) is 13.6. The number of nitrogens with one attached hydrogen (secondary N) is 2. The Balaban J connectivity index is 1.37.